The van der Waals surface area contributed by atoms with Crippen molar-refractivity contribution in [2.45, 2.75) is 25.7 Å². The Kier molecular flexibility index (Phi) is 6.56. The second kappa shape index (κ2) is 8.49. The Morgan fingerprint density at radius 2 is 1.74 bits per heavy atom. The summed E-state index contributed by atoms with van der Waals surface area (Å²) in [7, 11) is -2.41. The first kappa shape index (κ1) is 20.9. The summed E-state index contributed by atoms with van der Waals surface area (Å²) >= 11 is 0. The molecular weight excluding hydrogens is 371 g/mol. The molecule has 0 heterocycles. The molecular formula is C19H23FN2O4S. The van der Waals surface area contributed by atoms with Crippen molar-refractivity contribution in [1.29, 1.82) is 0 Å². The molecule has 0 bridgehead atoms. The standard InChI is InChI=1S/C19H23FN2O4S/c1-13-11-18(26-4)19(12-14(13)2)27(24,25)21-9-10-22(15(3)23)17-7-5-16(20)6-8-17/h5-8,11-12,21H,9-10H2,1-4H3. The van der Waals surface area contributed by atoms with Gasteiger partial charge in [-0.2, -0.15) is 0 Å². The Labute approximate surface area is 159 Å². The van der Waals surface area contributed by atoms with Gasteiger partial charge in [-0.3, -0.25) is 4.79 Å². The highest BCUT2D eigenvalue weighted by molar-refractivity contribution is 7.89. The van der Waals surface area contributed by atoms with Crippen LogP contribution in [0.4, 0.5) is 10.1 Å². The summed E-state index contributed by atoms with van der Waals surface area (Å²) in [5, 5.41) is 0. The molecule has 8 heteroatoms. The topological polar surface area (TPSA) is 75.7 Å². The summed E-state index contributed by atoms with van der Waals surface area (Å²) in [5.74, 6) is -0.429. The molecule has 0 atom stereocenters. The Morgan fingerprint density at radius 3 is 2.30 bits per heavy atom. The maximum Gasteiger partial charge on any atom is 0.244 e. The van der Waals surface area contributed by atoms with Gasteiger partial charge in [0.2, 0.25) is 15.9 Å². The van der Waals surface area contributed by atoms with Gasteiger partial charge in [0.15, 0.2) is 0 Å². The van der Waals surface area contributed by atoms with E-state index in [1.54, 1.807) is 12.1 Å². The molecule has 2 rings (SSSR count). The number of halogens is 1. The molecule has 0 radical (unpaired) electrons. The second-order valence-electron chi connectivity index (χ2n) is 6.13. The van der Waals surface area contributed by atoms with Crippen LogP contribution < -0.4 is 14.4 Å². The van der Waals surface area contributed by atoms with Gasteiger partial charge < -0.3 is 9.64 Å². The quantitative estimate of drug-likeness (QED) is 0.784. The summed E-state index contributed by atoms with van der Waals surface area (Å²) in [4.78, 5) is 13.3. The maximum atomic E-state index is 13.1. The smallest absolute Gasteiger partial charge is 0.244 e. The number of hydrogen-bond donors (Lipinski definition) is 1. The second-order valence-corrected chi connectivity index (χ2v) is 7.87. The van der Waals surface area contributed by atoms with Crippen molar-refractivity contribution in [1.82, 2.24) is 4.72 Å². The molecule has 1 N–H and O–H groups in total. The van der Waals surface area contributed by atoms with E-state index in [9.17, 15) is 17.6 Å². The van der Waals surface area contributed by atoms with E-state index in [0.29, 0.717) is 5.69 Å². The van der Waals surface area contributed by atoms with Crippen molar-refractivity contribution in [3.05, 3.63) is 53.3 Å². The van der Waals surface area contributed by atoms with Crippen molar-refractivity contribution in [3.63, 3.8) is 0 Å². The molecule has 0 saturated carbocycles. The zero-order chi connectivity index (χ0) is 20.2. The number of carbonyl (C=O) groups is 1. The molecule has 146 valence electrons. The highest BCUT2D eigenvalue weighted by Crippen LogP contribution is 2.27. The zero-order valence-corrected chi connectivity index (χ0v) is 16.6. The van der Waals surface area contributed by atoms with Gasteiger partial charge in [0.25, 0.3) is 0 Å². The minimum atomic E-state index is -3.83. The number of nitrogens with zero attached hydrogens (tertiary/aromatic N) is 1. The number of rotatable bonds is 7. The van der Waals surface area contributed by atoms with Gasteiger partial charge in [-0.15, -0.1) is 0 Å². The molecule has 0 saturated heterocycles. The molecule has 27 heavy (non-hydrogen) atoms. The van der Waals surface area contributed by atoms with Gasteiger partial charge in [-0.25, -0.2) is 17.5 Å². The average molecular weight is 394 g/mol. The Hall–Kier alpha value is -2.45. The molecule has 0 fully saturated rings. The lowest BCUT2D eigenvalue weighted by Gasteiger charge is -2.21. The number of carbonyl (C=O) groups excluding carboxylic acids is 1. The van der Waals surface area contributed by atoms with Gasteiger partial charge in [-0.05, 0) is 61.4 Å². The molecule has 0 spiro atoms. The fourth-order valence-corrected chi connectivity index (χ4v) is 3.85. The van der Waals surface area contributed by atoms with Crippen LogP contribution in [0, 0.1) is 19.7 Å². The van der Waals surface area contributed by atoms with Crippen LogP contribution in [0.3, 0.4) is 0 Å². The van der Waals surface area contributed by atoms with Crippen LogP contribution >= 0.6 is 0 Å². The minimum Gasteiger partial charge on any atom is -0.495 e. The van der Waals surface area contributed by atoms with Gasteiger partial charge >= 0.3 is 0 Å². The largest absolute Gasteiger partial charge is 0.495 e. The fraction of sp³-hybridized carbons (Fsp3) is 0.316. The number of methoxy groups -OCH3 is 1. The van der Waals surface area contributed by atoms with Crippen LogP contribution in [-0.4, -0.2) is 34.5 Å². The average Bonchev–Trinajstić information content (AvgIpc) is 2.61. The van der Waals surface area contributed by atoms with Gasteiger partial charge in [0.1, 0.15) is 16.5 Å². The van der Waals surface area contributed by atoms with Crippen molar-refractivity contribution < 1.29 is 22.3 Å². The van der Waals surface area contributed by atoms with Crippen LogP contribution in [0.15, 0.2) is 41.3 Å². The number of amides is 1. The van der Waals surface area contributed by atoms with Crippen molar-refractivity contribution in [3.8, 4) is 5.75 Å². The Bertz CT molecular complexity index is 927. The van der Waals surface area contributed by atoms with E-state index in [-0.39, 0.29) is 29.6 Å². The Morgan fingerprint density at radius 1 is 1.15 bits per heavy atom. The number of benzene rings is 2. The predicted molar refractivity (Wildman–Crippen MR) is 102 cm³/mol. The molecule has 0 aliphatic heterocycles. The van der Waals surface area contributed by atoms with Crippen LogP contribution in [0.2, 0.25) is 0 Å². The first-order chi connectivity index (χ1) is 12.7. The van der Waals surface area contributed by atoms with Crippen molar-refractivity contribution in [2.75, 3.05) is 25.1 Å². The highest BCUT2D eigenvalue weighted by atomic mass is 32.2. The van der Waals surface area contributed by atoms with E-state index >= 15 is 0 Å². The lowest BCUT2D eigenvalue weighted by Crippen LogP contribution is -2.37. The number of aryl methyl sites for hydroxylation is 2. The molecule has 0 aliphatic rings. The van der Waals surface area contributed by atoms with Gasteiger partial charge in [0, 0.05) is 25.7 Å². The SMILES string of the molecule is COc1cc(C)c(C)cc1S(=O)(=O)NCCN(C(C)=O)c1ccc(F)cc1. The third-order valence-electron chi connectivity index (χ3n) is 4.22. The van der Waals surface area contributed by atoms with Crippen LogP contribution in [0.5, 0.6) is 5.75 Å². The molecule has 6 nitrogen and oxygen atoms in total. The number of ether oxygens (including phenoxy) is 1. The van der Waals surface area contributed by atoms with E-state index in [4.69, 9.17) is 4.74 Å². The van der Waals surface area contributed by atoms with E-state index in [1.165, 1.54) is 43.2 Å². The number of anilines is 1. The zero-order valence-electron chi connectivity index (χ0n) is 15.7. The fourth-order valence-electron chi connectivity index (χ4n) is 2.59. The third-order valence-corrected chi connectivity index (χ3v) is 5.70. The summed E-state index contributed by atoms with van der Waals surface area (Å²) in [6, 6.07) is 8.66. The molecule has 0 aromatic heterocycles. The monoisotopic (exact) mass is 394 g/mol. The predicted octanol–water partition coefficient (Wildman–Crippen LogP) is 2.78. The number of sulfonamides is 1. The molecule has 0 aliphatic carbocycles. The summed E-state index contributed by atoms with van der Waals surface area (Å²) in [6.45, 7) is 5.15. The number of hydrogen-bond acceptors (Lipinski definition) is 4. The van der Waals surface area contributed by atoms with Crippen LogP contribution in [-0.2, 0) is 14.8 Å². The van der Waals surface area contributed by atoms with E-state index in [2.05, 4.69) is 4.72 Å². The van der Waals surface area contributed by atoms with E-state index in [0.717, 1.165) is 11.1 Å². The number of nitrogens with one attached hydrogen (secondary N) is 1. The Balaban J connectivity index is 2.16. The first-order valence-electron chi connectivity index (χ1n) is 8.34. The van der Waals surface area contributed by atoms with Crippen LogP contribution in [0.1, 0.15) is 18.1 Å². The van der Waals surface area contributed by atoms with Gasteiger partial charge in [0.05, 0.1) is 7.11 Å². The minimum absolute atomic E-state index is 0.00460. The summed E-state index contributed by atoms with van der Waals surface area (Å²) in [6.07, 6.45) is 0. The summed E-state index contributed by atoms with van der Waals surface area (Å²) in [5.41, 5.74) is 2.24. The first-order valence-corrected chi connectivity index (χ1v) is 9.82. The van der Waals surface area contributed by atoms with Gasteiger partial charge in [-0.1, -0.05) is 0 Å². The maximum absolute atomic E-state index is 13.1. The lowest BCUT2D eigenvalue weighted by molar-refractivity contribution is -0.116. The molecule has 0 unspecified atom stereocenters. The van der Waals surface area contributed by atoms with E-state index < -0.39 is 15.8 Å². The lowest BCUT2D eigenvalue weighted by atomic mass is 10.1. The molecule has 2 aromatic carbocycles. The van der Waals surface area contributed by atoms with Crippen molar-refractivity contribution >= 4 is 21.6 Å². The van der Waals surface area contributed by atoms with Crippen LogP contribution in [0.25, 0.3) is 0 Å². The van der Waals surface area contributed by atoms with Crippen molar-refractivity contribution in [2.24, 2.45) is 0 Å². The normalized spacial score (nSPS) is 11.3. The molecule has 2 aromatic rings. The van der Waals surface area contributed by atoms with E-state index in [1.807, 2.05) is 13.8 Å². The summed E-state index contributed by atoms with van der Waals surface area (Å²) < 4.78 is 46.1. The highest BCUT2D eigenvalue weighted by Gasteiger charge is 2.21. The third kappa shape index (κ3) is 5.05. The molecule has 1 amide bonds.